The van der Waals surface area contributed by atoms with Crippen molar-refractivity contribution < 1.29 is 4.79 Å². The van der Waals surface area contributed by atoms with Gasteiger partial charge in [0.05, 0.1) is 17.8 Å². The van der Waals surface area contributed by atoms with Crippen LogP contribution < -0.4 is 10.6 Å². The summed E-state index contributed by atoms with van der Waals surface area (Å²) >= 11 is 0. The molecule has 1 atom stereocenters. The molecule has 3 rings (SSSR count). The van der Waals surface area contributed by atoms with Crippen molar-refractivity contribution in [1.82, 2.24) is 20.4 Å². The van der Waals surface area contributed by atoms with Gasteiger partial charge in [-0.25, -0.2) is 4.68 Å². The molecule has 0 spiro atoms. The highest BCUT2D eigenvalue weighted by Crippen LogP contribution is 2.11. The van der Waals surface area contributed by atoms with Crippen molar-refractivity contribution in [2.75, 3.05) is 13.1 Å². The van der Waals surface area contributed by atoms with Crippen LogP contribution in [0.25, 0.3) is 5.69 Å². The number of amides is 1. The van der Waals surface area contributed by atoms with Crippen LogP contribution >= 0.6 is 0 Å². The van der Waals surface area contributed by atoms with Crippen molar-refractivity contribution >= 4 is 5.91 Å². The van der Waals surface area contributed by atoms with Gasteiger partial charge in [0.2, 0.25) is 5.91 Å². The number of carbonyl (C=O) groups is 1. The van der Waals surface area contributed by atoms with Crippen molar-refractivity contribution in [3.05, 3.63) is 48.3 Å². The summed E-state index contributed by atoms with van der Waals surface area (Å²) in [6.07, 6.45) is 5.80. The van der Waals surface area contributed by atoms with E-state index in [1.165, 1.54) is 0 Å². The van der Waals surface area contributed by atoms with E-state index in [2.05, 4.69) is 15.7 Å². The molecule has 110 valence electrons. The Bertz CT molecular complexity index is 587. The quantitative estimate of drug-likeness (QED) is 0.894. The maximum atomic E-state index is 12.1. The first kappa shape index (κ1) is 13.8. The molecular formula is C16H20N4O. The standard InChI is InChI=1S/C16H20N4O/c21-16(14-5-4-8-17-11-14)18-9-13-10-19-20(12-13)15-6-2-1-3-7-15/h1-3,6-7,10,12,14,17H,4-5,8-9,11H2,(H,18,21). The van der Waals surface area contributed by atoms with Crippen molar-refractivity contribution in [2.45, 2.75) is 19.4 Å². The maximum absolute atomic E-state index is 12.1. The zero-order valence-corrected chi connectivity index (χ0v) is 12.0. The van der Waals surface area contributed by atoms with Crippen molar-refractivity contribution in [3.63, 3.8) is 0 Å². The van der Waals surface area contributed by atoms with Crippen molar-refractivity contribution in [2.24, 2.45) is 5.92 Å². The van der Waals surface area contributed by atoms with E-state index in [9.17, 15) is 4.79 Å². The molecule has 1 aliphatic heterocycles. The molecule has 1 aromatic heterocycles. The predicted octanol–water partition coefficient (Wildman–Crippen LogP) is 1.49. The number of nitrogens with one attached hydrogen (secondary N) is 2. The Labute approximate surface area is 124 Å². The maximum Gasteiger partial charge on any atom is 0.224 e. The summed E-state index contributed by atoms with van der Waals surface area (Å²) < 4.78 is 1.82. The molecule has 5 heteroatoms. The highest BCUT2D eigenvalue weighted by atomic mass is 16.1. The normalized spacial score (nSPS) is 18.4. The van der Waals surface area contributed by atoms with E-state index in [0.29, 0.717) is 6.54 Å². The van der Waals surface area contributed by atoms with E-state index >= 15 is 0 Å². The molecule has 21 heavy (non-hydrogen) atoms. The Kier molecular flexibility index (Phi) is 4.31. The number of hydrogen-bond donors (Lipinski definition) is 2. The largest absolute Gasteiger partial charge is 0.352 e. The van der Waals surface area contributed by atoms with Crippen LogP contribution in [0.2, 0.25) is 0 Å². The van der Waals surface area contributed by atoms with Crippen LogP contribution in [0.15, 0.2) is 42.7 Å². The summed E-state index contributed by atoms with van der Waals surface area (Å²) in [7, 11) is 0. The second-order valence-electron chi connectivity index (χ2n) is 5.39. The molecule has 1 fully saturated rings. The minimum atomic E-state index is 0.0999. The molecule has 0 radical (unpaired) electrons. The van der Waals surface area contributed by atoms with Gasteiger partial charge >= 0.3 is 0 Å². The summed E-state index contributed by atoms with van der Waals surface area (Å²) in [5.41, 5.74) is 2.03. The van der Waals surface area contributed by atoms with Gasteiger partial charge in [0.15, 0.2) is 0 Å². The molecular weight excluding hydrogens is 264 g/mol. The van der Waals surface area contributed by atoms with Crippen LogP contribution in [0.3, 0.4) is 0 Å². The summed E-state index contributed by atoms with van der Waals surface area (Å²) in [5, 5.41) is 10.6. The Morgan fingerprint density at radius 2 is 2.24 bits per heavy atom. The van der Waals surface area contributed by atoms with Crippen molar-refractivity contribution in [3.8, 4) is 5.69 Å². The Balaban J connectivity index is 1.56. The molecule has 1 aromatic carbocycles. The number of hydrogen-bond acceptors (Lipinski definition) is 3. The average Bonchev–Trinajstić information content (AvgIpc) is 3.03. The van der Waals surface area contributed by atoms with Gasteiger partial charge in [-0.3, -0.25) is 4.79 Å². The predicted molar refractivity (Wildman–Crippen MR) is 81.0 cm³/mol. The summed E-state index contributed by atoms with van der Waals surface area (Å²) in [6, 6.07) is 9.95. The molecule has 1 aliphatic rings. The van der Waals surface area contributed by atoms with Gasteiger partial charge in [0.25, 0.3) is 0 Å². The van der Waals surface area contributed by atoms with Gasteiger partial charge in [0.1, 0.15) is 0 Å². The van der Waals surface area contributed by atoms with E-state index < -0.39 is 0 Å². The number of nitrogens with zero attached hydrogens (tertiary/aromatic N) is 2. The summed E-state index contributed by atoms with van der Waals surface area (Å²) in [6.45, 7) is 2.34. The minimum absolute atomic E-state index is 0.0999. The summed E-state index contributed by atoms with van der Waals surface area (Å²) in [5.74, 6) is 0.234. The zero-order valence-electron chi connectivity index (χ0n) is 12.0. The molecule has 0 bridgehead atoms. The fraction of sp³-hybridized carbons (Fsp3) is 0.375. The van der Waals surface area contributed by atoms with Crippen LogP contribution in [-0.2, 0) is 11.3 Å². The summed E-state index contributed by atoms with van der Waals surface area (Å²) in [4.78, 5) is 12.1. The molecule has 2 heterocycles. The highest BCUT2D eigenvalue weighted by molar-refractivity contribution is 5.78. The van der Waals surface area contributed by atoms with Gasteiger partial charge in [-0.1, -0.05) is 18.2 Å². The first-order chi connectivity index (χ1) is 10.3. The van der Waals surface area contributed by atoms with E-state index in [0.717, 1.165) is 37.2 Å². The first-order valence-corrected chi connectivity index (χ1v) is 7.40. The lowest BCUT2D eigenvalue weighted by molar-refractivity contribution is -0.125. The molecule has 2 aromatic rings. The fourth-order valence-corrected chi connectivity index (χ4v) is 2.58. The number of para-hydroxylation sites is 1. The number of carbonyl (C=O) groups excluding carboxylic acids is 1. The molecule has 1 unspecified atom stereocenters. The topological polar surface area (TPSA) is 59.0 Å². The fourth-order valence-electron chi connectivity index (χ4n) is 2.58. The molecule has 0 saturated carbocycles. The van der Waals surface area contributed by atoms with Crippen LogP contribution in [0.5, 0.6) is 0 Å². The van der Waals surface area contributed by atoms with Crippen molar-refractivity contribution in [1.29, 1.82) is 0 Å². The second-order valence-corrected chi connectivity index (χ2v) is 5.39. The lowest BCUT2D eigenvalue weighted by Gasteiger charge is -2.21. The molecule has 2 N–H and O–H groups in total. The average molecular weight is 284 g/mol. The van der Waals surface area contributed by atoms with Gasteiger partial charge in [-0.15, -0.1) is 0 Å². The SMILES string of the molecule is O=C(NCc1cnn(-c2ccccc2)c1)C1CCCNC1. The molecule has 0 aliphatic carbocycles. The van der Waals surface area contributed by atoms with Crippen LogP contribution in [0.1, 0.15) is 18.4 Å². The monoisotopic (exact) mass is 284 g/mol. The van der Waals surface area contributed by atoms with Gasteiger partial charge in [-0.05, 0) is 31.5 Å². The Hall–Kier alpha value is -2.14. The van der Waals surface area contributed by atoms with Gasteiger partial charge < -0.3 is 10.6 Å². The number of piperidine rings is 1. The first-order valence-electron chi connectivity index (χ1n) is 7.40. The van der Waals surface area contributed by atoms with E-state index in [1.54, 1.807) is 6.20 Å². The highest BCUT2D eigenvalue weighted by Gasteiger charge is 2.20. The minimum Gasteiger partial charge on any atom is -0.352 e. The lowest BCUT2D eigenvalue weighted by Crippen LogP contribution is -2.40. The van der Waals surface area contributed by atoms with Crippen LogP contribution in [0, 0.1) is 5.92 Å². The molecule has 1 saturated heterocycles. The van der Waals surface area contributed by atoms with E-state index in [4.69, 9.17) is 0 Å². The third-order valence-corrected chi connectivity index (χ3v) is 3.79. The smallest absolute Gasteiger partial charge is 0.224 e. The van der Waals surface area contributed by atoms with Gasteiger partial charge in [-0.2, -0.15) is 5.10 Å². The third-order valence-electron chi connectivity index (χ3n) is 3.79. The van der Waals surface area contributed by atoms with Gasteiger partial charge in [0, 0.05) is 24.8 Å². The zero-order chi connectivity index (χ0) is 14.5. The number of rotatable bonds is 4. The number of aromatic nitrogens is 2. The van der Waals surface area contributed by atoms with Crippen LogP contribution in [-0.4, -0.2) is 28.8 Å². The van der Waals surface area contributed by atoms with Crippen LogP contribution in [0.4, 0.5) is 0 Å². The van der Waals surface area contributed by atoms with E-state index in [-0.39, 0.29) is 11.8 Å². The molecule has 1 amide bonds. The number of benzene rings is 1. The lowest BCUT2D eigenvalue weighted by atomic mass is 9.99. The van der Waals surface area contributed by atoms with E-state index in [1.807, 2.05) is 41.2 Å². The second kappa shape index (κ2) is 6.54. The Morgan fingerprint density at radius 1 is 1.38 bits per heavy atom. The third kappa shape index (κ3) is 3.49. The Morgan fingerprint density at radius 3 is 3.00 bits per heavy atom. The molecule has 5 nitrogen and oxygen atoms in total.